The maximum Gasteiger partial charge on any atom is 0.282 e. The monoisotopic (exact) mass is 337 g/mol. The van der Waals surface area contributed by atoms with E-state index in [2.05, 4.69) is 15.1 Å². The van der Waals surface area contributed by atoms with Crippen molar-refractivity contribution >= 4 is 5.91 Å². The summed E-state index contributed by atoms with van der Waals surface area (Å²) in [6.07, 6.45) is 1.82. The topological polar surface area (TPSA) is 84.1 Å². The molecule has 128 valence electrons. The first kappa shape index (κ1) is 16.4. The number of amides is 1. The van der Waals surface area contributed by atoms with Gasteiger partial charge in [-0.05, 0) is 12.5 Å². The maximum absolute atomic E-state index is 12.7. The minimum atomic E-state index is -2.73. The van der Waals surface area contributed by atoms with Crippen molar-refractivity contribution in [2.75, 3.05) is 13.1 Å². The van der Waals surface area contributed by atoms with Crippen molar-refractivity contribution in [2.24, 2.45) is 13.0 Å². The largest absolute Gasteiger partial charge is 0.391 e. The number of hydrogen-bond donors (Lipinski definition) is 1. The Kier molecular flexibility index (Phi) is 4.52. The summed E-state index contributed by atoms with van der Waals surface area (Å²) in [4.78, 5) is 22.1. The molecular formula is C15H17F2N5O2. The van der Waals surface area contributed by atoms with Crippen LogP contribution >= 0.6 is 0 Å². The maximum atomic E-state index is 12.7. The van der Waals surface area contributed by atoms with E-state index in [1.54, 1.807) is 18.6 Å². The van der Waals surface area contributed by atoms with Crippen LogP contribution in [0.2, 0.25) is 0 Å². The number of aliphatic hydroxyl groups excluding tert-OH is 1. The van der Waals surface area contributed by atoms with Crippen LogP contribution in [0.1, 0.15) is 28.3 Å². The molecule has 2 aromatic heterocycles. The van der Waals surface area contributed by atoms with Gasteiger partial charge in [-0.2, -0.15) is 5.10 Å². The van der Waals surface area contributed by atoms with Crippen LogP contribution < -0.4 is 0 Å². The van der Waals surface area contributed by atoms with Crippen LogP contribution in [0.4, 0.5) is 8.78 Å². The summed E-state index contributed by atoms with van der Waals surface area (Å²) in [7, 11) is 1.45. The number of alkyl halides is 2. The van der Waals surface area contributed by atoms with Gasteiger partial charge in [-0.15, -0.1) is 0 Å². The van der Waals surface area contributed by atoms with Crippen molar-refractivity contribution in [1.29, 1.82) is 0 Å². The molecule has 1 aliphatic rings. The van der Waals surface area contributed by atoms with Crippen molar-refractivity contribution in [3.8, 4) is 0 Å². The number of hydrogen-bond acceptors (Lipinski definition) is 5. The minimum Gasteiger partial charge on any atom is -0.391 e. The van der Waals surface area contributed by atoms with E-state index >= 15 is 0 Å². The Morgan fingerprint density at radius 1 is 1.42 bits per heavy atom. The molecule has 0 spiro atoms. The fourth-order valence-electron chi connectivity index (χ4n) is 2.88. The lowest BCUT2D eigenvalue weighted by molar-refractivity contribution is 0.0754. The lowest BCUT2D eigenvalue weighted by atomic mass is 10.0. The first-order chi connectivity index (χ1) is 11.5. The molecule has 1 aliphatic heterocycles. The lowest BCUT2D eigenvalue weighted by Gasteiger charge is -2.15. The quantitative estimate of drug-likeness (QED) is 0.893. The second kappa shape index (κ2) is 6.60. The predicted octanol–water partition coefficient (Wildman–Crippen LogP) is 0.823. The van der Waals surface area contributed by atoms with E-state index in [-0.39, 0.29) is 18.2 Å². The Hall–Kier alpha value is -2.42. The molecule has 2 aromatic rings. The lowest BCUT2D eigenvalue weighted by Crippen LogP contribution is -2.31. The molecule has 2 atom stereocenters. The Balaban J connectivity index is 1.71. The summed E-state index contributed by atoms with van der Waals surface area (Å²) in [5.74, 6) is -0.592. The third-order valence-electron chi connectivity index (χ3n) is 4.12. The summed E-state index contributed by atoms with van der Waals surface area (Å²) in [6.45, 7) is 0.477. The number of carbonyl (C=O) groups is 1. The zero-order valence-corrected chi connectivity index (χ0v) is 13.0. The number of rotatable bonds is 4. The molecule has 0 aromatic carbocycles. The first-order valence-corrected chi connectivity index (χ1v) is 7.50. The van der Waals surface area contributed by atoms with E-state index in [0.717, 1.165) is 16.4 Å². The molecule has 7 nitrogen and oxygen atoms in total. The molecular weight excluding hydrogens is 320 g/mol. The van der Waals surface area contributed by atoms with Crippen molar-refractivity contribution in [3.63, 3.8) is 0 Å². The standard InChI is InChI=1S/C15H17F2N5O2/c1-21-12(5-11(20-21)14(16)17)15(24)22-7-9(13(23)8-22)4-10-6-18-2-3-19-10/h2-3,5-6,9,13-14,23H,4,7-8H2,1H3/t9-,13-/m1/s1. The first-order valence-electron chi connectivity index (χ1n) is 7.50. The van der Waals surface area contributed by atoms with Gasteiger partial charge in [0, 0.05) is 44.6 Å². The molecule has 0 bridgehead atoms. The van der Waals surface area contributed by atoms with Crippen LogP contribution in [0.5, 0.6) is 0 Å². The second-order valence-electron chi connectivity index (χ2n) is 5.82. The Bertz CT molecular complexity index is 722. The molecule has 1 saturated heterocycles. The van der Waals surface area contributed by atoms with Gasteiger partial charge in [-0.25, -0.2) is 8.78 Å². The van der Waals surface area contributed by atoms with Gasteiger partial charge in [0.25, 0.3) is 12.3 Å². The van der Waals surface area contributed by atoms with E-state index in [0.29, 0.717) is 13.0 Å². The van der Waals surface area contributed by atoms with E-state index in [4.69, 9.17) is 0 Å². The molecule has 0 radical (unpaired) electrons. The minimum absolute atomic E-state index is 0.0812. The van der Waals surface area contributed by atoms with Crippen LogP contribution in [0.3, 0.4) is 0 Å². The van der Waals surface area contributed by atoms with Gasteiger partial charge in [0.05, 0.1) is 11.8 Å². The highest BCUT2D eigenvalue weighted by Crippen LogP contribution is 2.24. The van der Waals surface area contributed by atoms with E-state index in [1.165, 1.54) is 11.9 Å². The van der Waals surface area contributed by atoms with E-state index in [9.17, 15) is 18.7 Å². The van der Waals surface area contributed by atoms with E-state index in [1.807, 2.05) is 0 Å². The molecule has 1 N–H and O–H groups in total. The summed E-state index contributed by atoms with van der Waals surface area (Å²) in [6, 6.07) is 1.09. The van der Waals surface area contributed by atoms with Crippen molar-refractivity contribution < 1.29 is 18.7 Å². The average Bonchev–Trinajstić information content (AvgIpc) is 3.12. The highest BCUT2D eigenvalue weighted by molar-refractivity contribution is 5.93. The third kappa shape index (κ3) is 3.25. The number of nitrogens with zero attached hydrogens (tertiary/aromatic N) is 5. The number of β-amino-alcohol motifs (C(OH)–C–C–N with tert-alkyl or cyclic N) is 1. The summed E-state index contributed by atoms with van der Waals surface area (Å²) in [5, 5.41) is 13.8. The zero-order valence-electron chi connectivity index (χ0n) is 13.0. The Morgan fingerprint density at radius 3 is 2.83 bits per heavy atom. The molecule has 3 heterocycles. The van der Waals surface area contributed by atoms with Crippen LogP contribution in [0.15, 0.2) is 24.7 Å². The predicted molar refractivity (Wildman–Crippen MR) is 79.3 cm³/mol. The Labute approximate surface area is 136 Å². The van der Waals surface area contributed by atoms with Crippen LogP contribution in [-0.2, 0) is 13.5 Å². The van der Waals surface area contributed by atoms with Crippen LogP contribution in [-0.4, -0.2) is 54.9 Å². The summed E-state index contributed by atoms with van der Waals surface area (Å²) >= 11 is 0. The number of aryl methyl sites for hydroxylation is 1. The van der Waals surface area contributed by atoms with Crippen molar-refractivity contribution in [3.05, 3.63) is 41.7 Å². The number of halogens is 2. The van der Waals surface area contributed by atoms with Crippen molar-refractivity contribution in [2.45, 2.75) is 19.0 Å². The molecule has 9 heteroatoms. The van der Waals surface area contributed by atoms with E-state index < -0.39 is 24.1 Å². The van der Waals surface area contributed by atoms with Gasteiger partial charge in [0.15, 0.2) is 0 Å². The molecule has 0 aliphatic carbocycles. The average molecular weight is 337 g/mol. The van der Waals surface area contributed by atoms with Gasteiger partial charge < -0.3 is 10.0 Å². The fourth-order valence-corrected chi connectivity index (χ4v) is 2.88. The van der Waals surface area contributed by atoms with Gasteiger partial charge in [-0.1, -0.05) is 0 Å². The second-order valence-corrected chi connectivity index (χ2v) is 5.82. The molecule has 0 saturated carbocycles. The van der Waals surface area contributed by atoms with Gasteiger partial charge in [-0.3, -0.25) is 19.4 Å². The number of aliphatic hydroxyl groups is 1. The number of aromatic nitrogens is 4. The Morgan fingerprint density at radius 2 is 2.21 bits per heavy atom. The highest BCUT2D eigenvalue weighted by atomic mass is 19.3. The fraction of sp³-hybridized carbons (Fsp3) is 0.467. The summed E-state index contributed by atoms with van der Waals surface area (Å²) in [5.41, 5.74) is 0.380. The normalized spacial score (nSPS) is 20.8. The molecule has 24 heavy (non-hydrogen) atoms. The molecule has 3 rings (SSSR count). The van der Waals surface area contributed by atoms with Crippen LogP contribution in [0.25, 0.3) is 0 Å². The zero-order chi connectivity index (χ0) is 17.3. The molecule has 0 unspecified atom stereocenters. The summed E-state index contributed by atoms with van der Waals surface area (Å²) < 4.78 is 26.6. The van der Waals surface area contributed by atoms with Crippen LogP contribution in [0, 0.1) is 5.92 Å². The number of carbonyl (C=O) groups excluding carboxylic acids is 1. The molecule has 1 fully saturated rings. The SMILES string of the molecule is Cn1nc(C(F)F)cc1C(=O)N1C[C@@H](Cc2cnccn2)[C@H](O)C1. The van der Waals surface area contributed by atoms with Gasteiger partial charge >= 0.3 is 0 Å². The smallest absolute Gasteiger partial charge is 0.282 e. The van der Waals surface area contributed by atoms with Gasteiger partial charge in [0.2, 0.25) is 0 Å². The van der Waals surface area contributed by atoms with Crippen molar-refractivity contribution in [1.82, 2.24) is 24.6 Å². The molecule has 1 amide bonds. The van der Waals surface area contributed by atoms with Gasteiger partial charge in [0.1, 0.15) is 11.4 Å². The third-order valence-corrected chi connectivity index (χ3v) is 4.12. The highest BCUT2D eigenvalue weighted by Gasteiger charge is 2.35. The number of likely N-dealkylation sites (tertiary alicyclic amines) is 1.